The zero-order valence-electron chi connectivity index (χ0n) is 18.5. The number of thiazole rings is 1. The Bertz CT molecular complexity index is 995. The summed E-state index contributed by atoms with van der Waals surface area (Å²) >= 11 is 1.24. The molecule has 0 radical (unpaired) electrons. The first-order chi connectivity index (χ1) is 15.5. The maximum atomic E-state index is 14.3. The molecule has 2 aromatic rings. The van der Waals surface area contributed by atoms with Crippen LogP contribution in [0.1, 0.15) is 45.2 Å². The summed E-state index contributed by atoms with van der Waals surface area (Å²) in [6, 6.07) is 6.77. The molecule has 1 aliphatic heterocycles. The lowest BCUT2D eigenvalue weighted by molar-refractivity contribution is -0.129. The van der Waals surface area contributed by atoms with E-state index >= 15 is 0 Å². The highest BCUT2D eigenvalue weighted by Crippen LogP contribution is 2.33. The number of para-hydroxylation sites is 1. The van der Waals surface area contributed by atoms with Gasteiger partial charge in [-0.1, -0.05) is 19.1 Å². The fraction of sp³-hybridized carbons (Fsp3) is 0.458. The molecule has 0 unspecified atom stereocenters. The van der Waals surface area contributed by atoms with Crippen LogP contribution >= 0.6 is 11.3 Å². The van der Waals surface area contributed by atoms with Crippen molar-refractivity contribution in [3.8, 4) is 0 Å². The van der Waals surface area contributed by atoms with Gasteiger partial charge in [0.2, 0.25) is 11.8 Å². The van der Waals surface area contributed by atoms with Crippen LogP contribution < -0.4 is 4.90 Å². The molecule has 2 heterocycles. The van der Waals surface area contributed by atoms with E-state index < -0.39 is 5.82 Å². The number of amides is 2. The number of aromatic nitrogens is 1. The number of carbonyl (C=O) groups excluding carboxylic acids is 2. The minimum absolute atomic E-state index is 0.0227. The summed E-state index contributed by atoms with van der Waals surface area (Å²) in [4.78, 5) is 35.5. The van der Waals surface area contributed by atoms with Gasteiger partial charge in [-0.2, -0.15) is 0 Å². The Balaban J connectivity index is 1.47. The average molecular weight is 457 g/mol. The van der Waals surface area contributed by atoms with E-state index in [-0.39, 0.29) is 17.5 Å². The zero-order chi connectivity index (χ0) is 22.7. The second kappa shape index (κ2) is 9.92. The van der Waals surface area contributed by atoms with E-state index in [2.05, 4.69) is 21.7 Å². The van der Waals surface area contributed by atoms with Crippen LogP contribution in [-0.2, 0) is 9.59 Å². The van der Waals surface area contributed by atoms with Gasteiger partial charge in [-0.3, -0.25) is 14.5 Å². The molecule has 1 aromatic carbocycles. The summed E-state index contributed by atoms with van der Waals surface area (Å²) in [6.07, 6.45) is 7.46. The van der Waals surface area contributed by atoms with Gasteiger partial charge >= 0.3 is 0 Å². The van der Waals surface area contributed by atoms with E-state index in [4.69, 9.17) is 0 Å². The highest BCUT2D eigenvalue weighted by atomic mass is 32.1. The molecule has 0 N–H and O–H groups in total. The first-order valence-corrected chi connectivity index (χ1v) is 12.1. The maximum Gasteiger partial charge on any atom is 0.247 e. The van der Waals surface area contributed by atoms with Gasteiger partial charge in [0.1, 0.15) is 5.82 Å². The Labute approximate surface area is 192 Å². The Hall–Kier alpha value is -2.58. The number of hydrogen-bond donors (Lipinski definition) is 0. The molecule has 2 fully saturated rings. The topological polar surface area (TPSA) is 56.8 Å². The molecule has 1 saturated heterocycles. The summed E-state index contributed by atoms with van der Waals surface area (Å²) in [7, 11) is 0. The number of piperidine rings is 1. The lowest BCUT2D eigenvalue weighted by Gasteiger charge is -2.38. The van der Waals surface area contributed by atoms with E-state index in [1.54, 1.807) is 35.7 Å². The lowest BCUT2D eigenvalue weighted by Crippen LogP contribution is -2.47. The molecule has 170 valence electrons. The summed E-state index contributed by atoms with van der Waals surface area (Å²) < 4.78 is 14.3. The van der Waals surface area contributed by atoms with Crippen molar-refractivity contribution in [1.82, 2.24) is 14.8 Å². The third kappa shape index (κ3) is 5.07. The molecular formula is C24H29FN4O2S. The number of hydrogen-bond acceptors (Lipinski definition) is 5. The molecule has 2 amide bonds. The molecule has 32 heavy (non-hydrogen) atoms. The fourth-order valence-electron chi connectivity index (χ4n) is 4.26. The molecule has 1 aliphatic carbocycles. The number of likely N-dealkylation sites (tertiary alicyclic amines) is 1. The second-order valence-corrected chi connectivity index (χ2v) is 9.17. The summed E-state index contributed by atoms with van der Waals surface area (Å²) in [5.41, 5.74) is 0.747. The molecule has 2 aliphatic rings. The third-order valence-corrected chi connectivity index (χ3v) is 6.94. The number of nitrogens with zero attached hydrogens (tertiary/aromatic N) is 4. The van der Waals surface area contributed by atoms with Crippen LogP contribution in [0.25, 0.3) is 6.08 Å². The summed E-state index contributed by atoms with van der Waals surface area (Å²) in [5.74, 6) is -0.789. The number of anilines is 2. The minimum Gasteiger partial charge on any atom is -0.333 e. The first-order valence-electron chi connectivity index (χ1n) is 11.2. The van der Waals surface area contributed by atoms with Crippen molar-refractivity contribution in [3.63, 3.8) is 0 Å². The first kappa shape index (κ1) is 22.6. The average Bonchev–Trinajstić information content (AvgIpc) is 3.51. The smallest absolute Gasteiger partial charge is 0.247 e. The van der Waals surface area contributed by atoms with Gasteiger partial charge in [-0.15, -0.1) is 11.3 Å². The molecule has 1 aromatic heterocycles. The summed E-state index contributed by atoms with van der Waals surface area (Å²) in [5, 5.41) is 2.15. The number of carbonyl (C=O) groups is 2. The predicted molar refractivity (Wildman–Crippen MR) is 125 cm³/mol. The van der Waals surface area contributed by atoms with Crippen molar-refractivity contribution >= 4 is 40.0 Å². The monoisotopic (exact) mass is 456 g/mol. The van der Waals surface area contributed by atoms with Crippen molar-refractivity contribution in [1.29, 1.82) is 0 Å². The van der Waals surface area contributed by atoms with Crippen LogP contribution in [0.2, 0.25) is 0 Å². The predicted octanol–water partition coefficient (Wildman–Crippen LogP) is 4.46. The van der Waals surface area contributed by atoms with E-state index in [0.29, 0.717) is 22.9 Å². The number of rotatable bonds is 7. The van der Waals surface area contributed by atoms with Crippen molar-refractivity contribution in [2.45, 2.75) is 51.6 Å². The number of halogens is 1. The SMILES string of the molecule is CCN1CCC(N(C(=O)/C=C/c2csc(N(C(C)=O)c3ccccc3F)n2)C2CC2)CC1. The standard InChI is InChI=1S/C24H29FN4O2S/c1-3-27-14-12-20(13-15-27)29(19-9-10-19)23(31)11-8-18-16-32-24(26-18)28(17(2)30)22-7-5-4-6-21(22)25/h4-8,11,16,19-20H,3,9-10,12-15H2,1-2H3/b11-8+. The third-order valence-electron chi connectivity index (χ3n) is 6.10. The van der Waals surface area contributed by atoms with Crippen LogP contribution in [0, 0.1) is 5.82 Å². The van der Waals surface area contributed by atoms with Gasteiger partial charge < -0.3 is 9.80 Å². The van der Waals surface area contributed by atoms with Crippen LogP contribution in [0.15, 0.2) is 35.7 Å². The quantitative estimate of drug-likeness (QED) is 0.578. The molecule has 4 rings (SSSR count). The van der Waals surface area contributed by atoms with Crippen molar-refractivity contribution in [2.75, 3.05) is 24.5 Å². The Morgan fingerprint density at radius 2 is 1.88 bits per heavy atom. The number of benzene rings is 1. The normalized spacial score (nSPS) is 17.6. The van der Waals surface area contributed by atoms with E-state index in [1.807, 2.05) is 0 Å². The molecule has 6 nitrogen and oxygen atoms in total. The molecular weight excluding hydrogens is 427 g/mol. The van der Waals surface area contributed by atoms with Gasteiger partial charge in [0.25, 0.3) is 0 Å². The van der Waals surface area contributed by atoms with Crippen molar-refractivity contribution in [2.24, 2.45) is 0 Å². The lowest BCUT2D eigenvalue weighted by atomic mass is 10.0. The fourth-order valence-corrected chi connectivity index (χ4v) is 5.11. The van der Waals surface area contributed by atoms with Crippen LogP contribution in [0.5, 0.6) is 0 Å². The van der Waals surface area contributed by atoms with E-state index in [9.17, 15) is 14.0 Å². The van der Waals surface area contributed by atoms with Crippen LogP contribution in [0.3, 0.4) is 0 Å². The van der Waals surface area contributed by atoms with Crippen molar-refractivity contribution < 1.29 is 14.0 Å². The second-order valence-electron chi connectivity index (χ2n) is 8.34. The highest BCUT2D eigenvalue weighted by Gasteiger charge is 2.37. The molecule has 0 spiro atoms. The molecule has 0 atom stereocenters. The van der Waals surface area contributed by atoms with Crippen LogP contribution in [0.4, 0.5) is 15.2 Å². The van der Waals surface area contributed by atoms with Gasteiger partial charge in [0, 0.05) is 43.6 Å². The summed E-state index contributed by atoms with van der Waals surface area (Å²) in [6.45, 7) is 6.68. The highest BCUT2D eigenvalue weighted by molar-refractivity contribution is 7.14. The maximum absolute atomic E-state index is 14.3. The largest absolute Gasteiger partial charge is 0.333 e. The Morgan fingerprint density at radius 3 is 2.50 bits per heavy atom. The molecule has 0 bridgehead atoms. The molecule has 1 saturated carbocycles. The van der Waals surface area contributed by atoms with Crippen LogP contribution in [-0.4, -0.2) is 58.3 Å². The Morgan fingerprint density at radius 1 is 1.19 bits per heavy atom. The van der Waals surface area contributed by atoms with Gasteiger partial charge in [0.15, 0.2) is 5.13 Å². The van der Waals surface area contributed by atoms with Gasteiger partial charge in [0.05, 0.1) is 11.4 Å². The Kier molecular flexibility index (Phi) is 7.01. The van der Waals surface area contributed by atoms with E-state index in [1.165, 1.54) is 29.2 Å². The minimum atomic E-state index is -0.487. The van der Waals surface area contributed by atoms with Gasteiger partial charge in [-0.25, -0.2) is 9.37 Å². The zero-order valence-corrected chi connectivity index (χ0v) is 19.4. The van der Waals surface area contributed by atoms with Crippen molar-refractivity contribution in [3.05, 3.63) is 47.2 Å². The van der Waals surface area contributed by atoms with E-state index in [0.717, 1.165) is 45.3 Å². The van der Waals surface area contributed by atoms with Gasteiger partial charge in [-0.05, 0) is 50.4 Å². The molecule has 8 heteroatoms.